The molecule has 0 fully saturated rings. The van der Waals surface area contributed by atoms with E-state index in [-0.39, 0.29) is 0 Å². The van der Waals surface area contributed by atoms with E-state index in [0.717, 1.165) is 14.2 Å². The molecule has 0 aromatic heterocycles. The minimum Gasteiger partial charge on any atom is -0.857 e. The Kier molecular flexibility index (Phi) is 9.51. The van der Waals surface area contributed by atoms with Crippen molar-refractivity contribution < 1.29 is 37.9 Å². The second-order valence-electron chi connectivity index (χ2n) is 5.57. The van der Waals surface area contributed by atoms with Crippen LogP contribution in [0.5, 0.6) is 0 Å². The van der Waals surface area contributed by atoms with Gasteiger partial charge in [0.2, 0.25) is 0 Å². The average Bonchev–Trinajstić information content (AvgIpc) is 3.02. The molecule has 1 unspecified atom stereocenters. The van der Waals surface area contributed by atoms with Gasteiger partial charge in [-0.25, -0.2) is 0 Å². The fourth-order valence-electron chi connectivity index (χ4n) is 3.64. The Bertz CT molecular complexity index is 514. The number of carbonyl (C=O) groups is 1. The average molecular weight is 352 g/mol. The molecule has 3 aliphatic rings. The molecular formula is C18H24O4Ti. The van der Waals surface area contributed by atoms with Crippen molar-refractivity contribution in [1.29, 1.82) is 0 Å². The van der Waals surface area contributed by atoms with Gasteiger partial charge in [-0.2, -0.15) is 14.2 Å². The first-order valence-electron chi connectivity index (χ1n) is 7.97. The molecule has 0 aromatic rings. The summed E-state index contributed by atoms with van der Waals surface area (Å²) in [5, 5.41) is 16.5. The van der Waals surface area contributed by atoms with E-state index in [9.17, 15) is 4.79 Å². The Morgan fingerprint density at radius 2 is 1.78 bits per heavy atom. The Labute approximate surface area is 148 Å². The van der Waals surface area contributed by atoms with Gasteiger partial charge < -0.3 is 10.2 Å². The molecule has 0 amide bonds. The van der Waals surface area contributed by atoms with Crippen molar-refractivity contribution in [1.82, 2.24) is 0 Å². The number of allylic oxidation sites excluding steroid dienone is 4. The van der Waals surface area contributed by atoms with Crippen LogP contribution >= 0.6 is 0 Å². The maximum Gasteiger partial charge on any atom is -0.153 e. The van der Waals surface area contributed by atoms with Crippen LogP contribution in [0.25, 0.3) is 0 Å². The number of rotatable bonds is 2. The van der Waals surface area contributed by atoms with Gasteiger partial charge in [0, 0.05) is 0 Å². The van der Waals surface area contributed by atoms with Gasteiger partial charge >= 0.3 is 124 Å². The van der Waals surface area contributed by atoms with Crippen LogP contribution in [0.2, 0.25) is 4.22 Å². The summed E-state index contributed by atoms with van der Waals surface area (Å²) in [5.74, 6) is 1.59. The Hall–Kier alpha value is -0.856. The molecule has 0 bridgehead atoms. The second kappa shape index (κ2) is 10.8. The van der Waals surface area contributed by atoms with Crippen molar-refractivity contribution in [2.24, 2.45) is 0 Å². The van der Waals surface area contributed by atoms with Crippen LogP contribution < -0.4 is 10.2 Å². The van der Waals surface area contributed by atoms with Crippen LogP contribution in [-0.2, 0) is 27.7 Å². The van der Waals surface area contributed by atoms with Crippen molar-refractivity contribution in [2.45, 2.75) is 55.6 Å². The molecule has 23 heavy (non-hydrogen) atoms. The maximum atomic E-state index is 11.1. The summed E-state index contributed by atoms with van der Waals surface area (Å²) in [4.78, 5) is 11.1. The topological polar surface area (TPSA) is 72.4 Å². The van der Waals surface area contributed by atoms with E-state index in [1.54, 1.807) is 22.3 Å². The van der Waals surface area contributed by atoms with Crippen LogP contribution in [0.1, 0.15) is 51.4 Å². The molecule has 1 atom stereocenters. The molecule has 0 saturated carbocycles. The summed E-state index contributed by atoms with van der Waals surface area (Å²) in [6.07, 6.45) is 15.2. The third-order valence-electron chi connectivity index (χ3n) is 4.49. The molecule has 4 nitrogen and oxygen atoms in total. The first-order chi connectivity index (χ1) is 11.3. The van der Waals surface area contributed by atoms with Crippen molar-refractivity contribution >= 4 is 5.97 Å². The van der Waals surface area contributed by atoms with Crippen molar-refractivity contribution in [2.75, 3.05) is 14.2 Å². The molecule has 5 heteroatoms. The molecule has 0 heterocycles. The molecule has 124 valence electrons. The van der Waals surface area contributed by atoms with Crippen molar-refractivity contribution in [3.05, 3.63) is 22.3 Å². The van der Waals surface area contributed by atoms with E-state index in [4.69, 9.17) is 20.0 Å². The predicted octanol–water partition coefficient (Wildman–Crippen LogP) is 1.66. The summed E-state index contributed by atoms with van der Waals surface area (Å²) in [6, 6.07) is 0. The van der Waals surface area contributed by atoms with Crippen LogP contribution in [-0.4, -0.2) is 20.2 Å². The molecule has 0 radical (unpaired) electrons. The van der Waals surface area contributed by atoms with Gasteiger partial charge in [-0.05, 0) is 0 Å². The molecule has 0 aromatic carbocycles. The normalized spacial score (nSPS) is 21.4. The van der Waals surface area contributed by atoms with E-state index >= 15 is 0 Å². The summed E-state index contributed by atoms with van der Waals surface area (Å²) >= 11 is -0.726. The molecule has 3 rings (SSSR count). The second-order valence-corrected chi connectivity index (χ2v) is 7.34. The SMILES string of the molecule is C#CC(=O)[O][Ti+2][CH]1CCCC2=C1CC1=C2CCCC1.C[O-].C[O-]. The predicted molar refractivity (Wildman–Crippen MR) is 81.5 cm³/mol. The minimum atomic E-state index is -0.726. The number of carbonyl (C=O) groups excluding carboxylic acids is 1. The number of fused-ring (bicyclic) bond motifs is 1. The Morgan fingerprint density at radius 3 is 2.48 bits per heavy atom. The van der Waals surface area contributed by atoms with Gasteiger partial charge in [0.1, 0.15) is 0 Å². The maximum absolute atomic E-state index is 11.1. The van der Waals surface area contributed by atoms with Crippen LogP contribution in [0, 0.1) is 12.3 Å². The standard InChI is InChI=1S/C13H17.C3H2O2.2CH3O.Ti/c1-3-7-12-10(5-1)9-11-6-2-4-8-13(11)12;1-2-3(4)5;2*1-2;/h5H,1-4,6-9H2;1H,(H,4,5);2*1H3;/q;;2*-1;+3/p-1. The van der Waals surface area contributed by atoms with Crippen molar-refractivity contribution in [3.8, 4) is 12.3 Å². The Balaban J connectivity index is 0.000000615. The summed E-state index contributed by atoms with van der Waals surface area (Å²) in [5.41, 5.74) is 6.63. The van der Waals surface area contributed by atoms with E-state index in [2.05, 4.69) is 5.92 Å². The van der Waals surface area contributed by atoms with E-state index in [1.165, 1.54) is 51.4 Å². The molecule has 0 aliphatic heterocycles. The van der Waals surface area contributed by atoms with Crippen LogP contribution in [0.4, 0.5) is 0 Å². The zero-order chi connectivity index (χ0) is 17.2. The summed E-state index contributed by atoms with van der Waals surface area (Å²) in [7, 11) is 1.50. The molecule has 0 spiro atoms. The first-order valence-corrected chi connectivity index (χ1v) is 9.51. The zero-order valence-electron chi connectivity index (χ0n) is 13.9. The molecule has 3 aliphatic carbocycles. The third-order valence-corrected chi connectivity index (χ3v) is 6.40. The smallest absolute Gasteiger partial charge is 0.153 e. The summed E-state index contributed by atoms with van der Waals surface area (Å²) in [6.45, 7) is 0. The largest absolute Gasteiger partial charge is 0.857 e. The van der Waals surface area contributed by atoms with Gasteiger partial charge in [0.15, 0.2) is 0 Å². The van der Waals surface area contributed by atoms with E-state index in [0.29, 0.717) is 4.22 Å². The quantitative estimate of drug-likeness (QED) is 0.560. The van der Waals surface area contributed by atoms with Gasteiger partial charge in [-0.15, -0.1) is 0 Å². The third kappa shape index (κ3) is 5.06. The number of hydrogen-bond acceptors (Lipinski definition) is 4. The van der Waals surface area contributed by atoms with Gasteiger partial charge in [0.25, 0.3) is 0 Å². The zero-order valence-corrected chi connectivity index (χ0v) is 15.5. The molecular weight excluding hydrogens is 328 g/mol. The van der Waals surface area contributed by atoms with E-state index < -0.39 is 25.5 Å². The van der Waals surface area contributed by atoms with Gasteiger partial charge in [-0.1, -0.05) is 0 Å². The number of terminal acetylenes is 1. The van der Waals surface area contributed by atoms with Gasteiger partial charge in [-0.3, -0.25) is 0 Å². The first kappa shape index (κ1) is 20.2. The van der Waals surface area contributed by atoms with E-state index in [1.807, 2.05) is 0 Å². The Morgan fingerprint density at radius 1 is 1.13 bits per heavy atom. The molecule has 0 saturated heterocycles. The number of hydrogen-bond donors (Lipinski definition) is 0. The van der Waals surface area contributed by atoms with Crippen LogP contribution in [0.3, 0.4) is 0 Å². The van der Waals surface area contributed by atoms with Gasteiger partial charge in [0.05, 0.1) is 0 Å². The monoisotopic (exact) mass is 352 g/mol. The fraction of sp³-hybridized carbons (Fsp3) is 0.611. The van der Waals surface area contributed by atoms with Crippen molar-refractivity contribution in [3.63, 3.8) is 0 Å². The fourth-order valence-corrected chi connectivity index (χ4v) is 5.28. The minimum absolute atomic E-state index is 0.469. The van der Waals surface area contributed by atoms with Crippen LogP contribution in [0.15, 0.2) is 22.3 Å². The summed E-state index contributed by atoms with van der Waals surface area (Å²) < 4.78 is 5.82. The molecule has 0 N–H and O–H groups in total.